The van der Waals surface area contributed by atoms with Crippen LogP contribution in [-0.4, -0.2) is 29.4 Å². The zero-order valence-corrected chi connectivity index (χ0v) is 16.4. The average Bonchev–Trinajstić information content (AvgIpc) is 2.87. The number of carbonyl (C=O) groups is 1. The van der Waals surface area contributed by atoms with Crippen LogP contribution in [-0.2, 0) is 11.3 Å². The highest BCUT2D eigenvalue weighted by molar-refractivity contribution is 6.06. The van der Waals surface area contributed by atoms with Crippen molar-refractivity contribution in [2.24, 2.45) is 0 Å². The molecule has 1 aromatic heterocycles. The second kappa shape index (κ2) is 7.35. The van der Waals surface area contributed by atoms with E-state index in [0.29, 0.717) is 24.1 Å². The maximum atomic E-state index is 12.2. The average molecular weight is 367 g/mol. The zero-order valence-electron chi connectivity index (χ0n) is 16.4. The number of rotatable bonds is 5. The molecule has 0 saturated heterocycles. The number of esters is 1. The number of aromatic hydroxyl groups is 1. The molecule has 0 radical (unpaired) electrons. The topological polar surface area (TPSA) is 60.7 Å². The zero-order chi connectivity index (χ0) is 19.7. The van der Waals surface area contributed by atoms with E-state index in [-0.39, 0.29) is 5.75 Å². The molecule has 27 heavy (non-hydrogen) atoms. The van der Waals surface area contributed by atoms with Crippen LogP contribution in [0.4, 0.5) is 0 Å². The number of ether oxygens (including phenoxy) is 2. The Morgan fingerprint density at radius 3 is 2.37 bits per heavy atom. The molecule has 0 bridgehead atoms. The SMILES string of the molecule is COC(=O)c1c(C)n(CCOc2c(C)cc(C)cc2C)c2ccc(O)cc12. The fourth-order valence-corrected chi connectivity index (χ4v) is 3.75. The van der Waals surface area contributed by atoms with Crippen molar-refractivity contribution in [3.63, 3.8) is 0 Å². The first kappa shape index (κ1) is 18.8. The fraction of sp³-hybridized carbons (Fsp3) is 0.318. The Labute approximate surface area is 159 Å². The van der Waals surface area contributed by atoms with Gasteiger partial charge in [-0.3, -0.25) is 0 Å². The monoisotopic (exact) mass is 367 g/mol. The molecule has 3 aromatic rings. The molecule has 3 rings (SSSR count). The molecule has 5 nitrogen and oxygen atoms in total. The van der Waals surface area contributed by atoms with Crippen LogP contribution in [0.1, 0.15) is 32.7 Å². The van der Waals surface area contributed by atoms with Gasteiger partial charge in [-0.15, -0.1) is 0 Å². The summed E-state index contributed by atoms with van der Waals surface area (Å²) in [6.45, 7) is 9.09. The third kappa shape index (κ3) is 3.50. The Morgan fingerprint density at radius 2 is 1.74 bits per heavy atom. The number of fused-ring (bicyclic) bond motifs is 1. The van der Waals surface area contributed by atoms with Crippen LogP contribution >= 0.6 is 0 Å². The first-order chi connectivity index (χ1) is 12.8. The normalized spacial score (nSPS) is 11.0. The van der Waals surface area contributed by atoms with Gasteiger partial charge in [-0.1, -0.05) is 17.7 Å². The van der Waals surface area contributed by atoms with E-state index >= 15 is 0 Å². The Morgan fingerprint density at radius 1 is 1.07 bits per heavy atom. The van der Waals surface area contributed by atoms with Gasteiger partial charge in [-0.25, -0.2) is 4.79 Å². The lowest BCUT2D eigenvalue weighted by atomic mass is 10.1. The third-order valence-electron chi connectivity index (χ3n) is 4.86. The highest BCUT2D eigenvalue weighted by Gasteiger charge is 2.21. The Balaban J connectivity index is 1.92. The number of nitrogens with zero attached hydrogens (tertiary/aromatic N) is 1. The lowest BCUT2D eigenvalue weighted by Gasteiger charge is -2.15. The molecule has 0 aliphatic heterocycles. The summed E-state index contributed by atoms with van der Waals surface area (Å²) >= 11 is 0. The van der Waals surface area contributed by atoms with Crippen molar-refractivity contribution in [3.8, 4) is 11.5 Å². The van der Waals surface area contributed by atoms with Crippen LogP contribution in [0.15, 0.2) is 30.3 Å². The molecule has 142 valence electrons. The molecule has 0 unspecified atom stereocenters. The summed E-state index contributed by atoms with van der Waals surface area (Å²) in [5, 5.41) is 10.5. The van der Waals surface area contributed by atoms with E-state index in [0.717, 1.165) is 28.1 Å². The van der Waals surface area contributed by atoms with Crippen LogP contribution in [0, 0.1) is 27.7 Å². The van der Waals surface area contributed by atoms with Gasteiger partial charge in [0.1, 0.15) is 18.1 Å². The quantitative estimate of drug-likeness (QED) is 0.677. The van der Waals surface area contributed by atoms with E-state index in [4.69, 9.17) is 9.47 Å². The van der Waals surface area contributed by atoms with Gasteiger partial charge in [-0.2, -0.15) is 0 Å². The van der Waals surface area contributed by atoms with Crippen LogP contribution in [0.3, 0.4) is 0 Å². The predicted molar refractivity (Wildman–Crippen MR) is 106 cm³/mol. The number of hydrogen-bond donors (Lipinski definition) is 1. The van der Waals surface area contributed by atoms with Crippen LogP contribution < -0.4 is 4.74 Å². The van der Waals surface area contributed by atoms with Gasteiger partial charge in [0.25, 0.3) is 0 Å². The lowest BCUT2D eigenvalue weighted by molar-refractivity contribution is 0.0601. The summed E-state index contributed by atoms with van der Waals surface area (Å²) in [5.41, 5.74) is 5.58. The molecule has 1 N–H and O–H groups in total. The number of phenols is 1. The number of aryl methyl sites for hydroxylation is 3. The first-order valence-electron chi connectivity index (χ1n) is 8.94. The predicted octanol–water partition coefficient (Wildman–Crippen LogP) is 4.45. The molecule has 0 aliphatic carbocycles. The maximum absolute atomic E-state index is 12.2. The summed E-state index contributed by atoms with van der Waals surface area (Å²) in [6.07, 6.45) is 0. The standard InChI is InChI=1S/C22H25NO4/c1-13-10-14(2)21(15(3)11-13)27-9-8-23-16(4)20(22(25)26-5)18-12-17(24)6-7-19(18)23/h6-7,10-12,24H,8-9H2,1-5H3. The molecule has 0 amide bonds. The number of hydrogen-bond acceptors (Lipinski definition) is 4. The van der Waals surface area contributed by atoms with Crippen molar-refractivity contribution in [1.29, 1.82) is 0 Å². The minimum absolute atomic E-state index is 0.118. The second-order valence-corrected chi connectivity index (χ2v) is 6.88. The number of methoxy groups -OCH3 is 1. The number of aromatic nitrogens is 1. The van der Waals surface area contributed by atoms with Gasteiger partial charge in [0.05, 0.1) is 19.2 Å². The molecular formula is C22H25NO4. The smallest absolute Gasteiger partial charge is 0.340 e. The van der Waals surface area contributed by atoms with Gasteiger partial charge in [0, 0.05) is 16.6 Å². The summed E-state index contributed by atoms with van der Waals surface area (Å²) in [6, 6.07) is 9.24. The highest BCUT2D eigenvalue weighted by Crippen LogP contribution is 2.30. The number of benzene rings is 2. The molecule has 2 aromatic carbocycles. The van der Waals surface area contributed by atoms with Crippen molar-refractivity contribution in [2.45, 2.75) is 34.2 Å². The molecular weight excluding hydrogens is 342 g/mol. The Kier molecular flexibility index (Phi) is 5.13. The summed E-state index contributed by atoms with van der Waals surface area (Å²) in [7, 11) is 1.36. The van der Waals surface area contributed by atoms with E-state index < -0.39 is 5.97 Å². The molecule has 0 fully saturated rings. The first-order valence-corrected chi connectivity index (χ1v) is 8.94. The molecule has 0 atom stereocenters. The highest BCUT2D eigenvalue weighted by atomic mass is 16.5. The molecule has 5 heteroatoms. The molecule has 1 heterocycles. The van der Waals surface area contributed by atoms with Gasteiger partial charge in [0.2, 0.25) is 0 Å². The van der Waals surface area contributed by atoms with Gasteiger partial charge in [0.15, 0.2) is 0 Å². The van der Waals surface area contributed by atoms with Gasteiger partial charge >= 0.3 is 5.97 Å². The number of phenolic OH excluding ortho intramolecular Hbond substituents is 1. The van der Waals surface area contributed by atoms with E-state index in [1.165, 1.54) is 12.7 Å². The van der Waals surface area contributed by atoms with Crippen LogP contribution in [0.2, 0.25) is 0 Å². The van der Waals surface area contributed by atoms with Gasteiger partial charge in [-0.05, 0) is 57.0 Å². The van der Waals surface area contributed by atoms with Crippen LogP contribution in [0.5, 0.6) is 11.5 Å². The molecule has 0 aliphatic rings. The fourth-order valence-electron chi connectivity index (χ4n) is 3.75. The van der Waals surface area contributed by atoms with Crippen molar-refractivity contribution < 1.29 is 19.4 Å². The minimum atomic E-state index is -0.409. The van der Waals surface area contributed by atoms with Crippen molar-refractivity contribution in [2.75, 3.05) is 13.7 Å². The Hall–Kier alpha value is -2.95. The summed E-state index contributed by atoms with van der Waals surface area (Å²) < 4.78 is 13.0. The maximum Gasteiger partial charge on any atom is 0.340 e. The minimum Gasteiger partial charge on any atom is -0.508 e. The number of carbonyl (C=O) groups excluding carboxylic acids is 1. The Bertz CT molecular complexity index is 994. The van der Waals surface area contributed by atoms with Crippen LogP contribution in [0.25, 0.3) is 10.9 Å². The third-order valence-corrected chi connectivity index (χ3v) is 4.86. The van der Waals surface area contributed by atoms with Gasteiger partial charge < -0.3 is 19.1 Å². The second-order valence-electron chi connectivity index (χ2n) is 6.88. The summed E-state index contributed by atoms with van der Waals surface area (Å²) in [5.74, 6) is 0.612. The largest absolute Gasteiger partial charge is 0.508 e. The van der Waals surface area contributed by atoms with E-state index in [9.17, 15) is 9.90 Å². The lowest BCUT2D eigenvalue weighted by Crippen LogP contribution is -2.12. The van der Waals surface area contributed by atoms with E-state index in [2.05, 4.69) is 19.1 Å². The van der Waals surface area contributed by atoms with Crippen molar-refractivity contribution in [1.82, 2.24) is 4.57 Å². The molecule has 0 saturated carbocycles. The van der Waals surface area contributed by atoms with Crippen molar-refractivity contribution >= 4 is 16.9 Å². The summed E-state index contributed by atoms with van der Waals surface area (Å²) in [4.78, 5) is 12.2. The molecule has 0 spiro atoms. The van der Waals surface area contributed by atoms with Crippen molar-refractivity contribution in [3.05, 3.63) is 58.3 Å². The van der Waals surface area contributed by atoms with E-state index in [1.807, 2.05) is 31.4 Å². The van der Waals surface area contributed by atoms with E-state index in [1.54, 1.807) is 12.1 Å².